The molecule has 1 spiro atoms. The van der Waals surface area contributed by atoms with Gasteiger partial charge in [-0.3, -0.25) is 0 Å². The lowest BCUT2D eigenvalue weighted by molar-refractivity contribution is -0.0707. The smallest absolute Gasteiger partial charge is 0.153 e. The first-order chi connectivity index (χ1) is 12.8. The molecular weight excluding hydrogens is 369 g/mol. The summed E-state index contributed by atoms with van der Waals surface area (Å²) in [6.45, 7) is 3.00. The second-order valence-corrected chi connectivity index (χ2v) is 9.85. The van der Waals surface area contributed by atoms with Crippen molar-refractivity contribution in [1.29, 1.82) is 0 Å². The number of furan rings is 1. The molecule has 0 aliphatic carbocycles. The Morgan fingerprint density at radius 1 is 1.30 bits per heavy atom. The van der Waals surface area contributed by atoms with E-state index in [1.54, 1.807) is 6.07 Å². The van der Waals surface area contributed by atoms with E-state index in [0.717, 1.165) is 29.1 Å². The van der Waals surface area contributed by atoms with Crippen molar-refractivity contribution in [3.05, 3.63) is 47.5 Å². The number of halogens is 1. The zero-order valence-electron chi connectivity index (χ0n) is 15.3. The van der Waals surface area contributed by atoms with Gasteiger partial charge in [0.15, 0.2) is 9.84 Å². The fourth-order valence-corrected chi connectivity index (χ4v) is 6.10. The predicted octanol–water partition coefficient (Wildman–Crippen LogP) is 3.22. The van der Waals surface area contributed by atoms with Crippen molar-refractivity contribution in [2.75, 3.05) is 18.1 Å². The summed E-state index contributed by atoms with van der Waals surface area (Å²) in [7, 11) is -2.98. The second kappa shape index (κ2) is 7.04. The van der Waals surface area contributed by atoms with Crippen LogP contribution in [0, 0.1) is 12.7 Å². The van der Waals surface area contributed by atoms with Crippen LogP contribution in [0.3, 0.4) is 0 Å². The highest BCUT2D eigenvalue weighted by Crippen LogP contribution is 2.35. The molecule has 1 aromatic carbocycles. The minimum absolute atomic E-state index is 0.132. The molecular formula is C20H24FNO4S. The van der Waals surface area contributed by atoms with E-state index in [4.69, 9.17) is 9.15 Å². The average molecular weight is 393 g/mol. The number of hydrogen-bond acceptors (Lipinski definition) is 5. The van der Waals surface area contributed by atoms with Crippen LogP contribution in [0.15, 0.2) is 34.7 Å². The zero-order valence-corrected chi connectivity index (χ0v) is 16.1. The van der Waals surface area contributed by atoms with Crippen molar-refractivity contribution in [2.45, 2.75) is 44.4 Å². The third-order valence-electron chi connectivity index (χ3n) is 5.53. The predicted molar refractivity (Wildman–Crippen MR) is 101 cm³/mol. The lowest BCUT2D eigenvalue weighted by Gasteiger charge is -2.37. The minimum atomic E-state index is -2.98. The molecule has 2 atom stereocenters. The largest absolute Gasteiger partial charge is 0.460 e. The SMILES string of the molecule is Cc1cc(F)ccc1-c1ccc(CN[C@H]2CCO[C@@]3(CCS(=O)(=O)C3)C2)o1. The molecule has 2 saturated heterocycles. The number of nitrogens with one attached hydrogen (secondary N) is 1. The van der Waals surface area contributed by atoms with Crippen LogP contribution < -0.4 is 5.32 Å². The Balaban J connectivity index is 1.39. The van der Waals surface area contributed by atoms with Gasteiger partial charge >= 0.3 is 0 Å². The van der Waals surface area contributed by atoms with Gasteiger partial charge < -0.3 is 14.5 Å². The van der Waals surface area contributed by atoms with Crippen molar-refractivity contribution in [3.63, 3.8) is 0 Å². The van der Waals surface area contributed by atoms with E-state index in [2.05, 4.69) is 5.32 Å². The molecule has 2 fully saturated rings. The number of benzene rings is 1. The molecule has 27 heavy (non-hydrogen) atoms. The van der Waals surface area contributed by atoms with E-state index in [0.29, 0.717) is 26.0 Å². The first-order valence-corrected chi connectivity index (χ1v) is 11.1. The van der Waals surface area contributed by atoms with Gasteiger partial charge in [-0.2, -0.15) is 0 Å². The van der Waals surface area contributed by atoms with Crippen LogP contribution in [0.25, 0.3) is 11.3 Å². The topological polar surface area (TPSA) is 68.5 Å². The summed E-state index contributed by atoms with van der Waals surface area (Å²) in [5.74, 6) is 1.61. The fourth-order valence-electron chi connectivity index (χ4n) is 4.13. The van der Waals surface area contributed by atoms with E-state index in [-0.39, 0.29) is 23.4 Å². The normalized spacial score (nSPS) is 27.3. The molecule has 0 saturated carbocycles. The molecule has 7 heteroatoms. The first-order valence-electron chi connectivity index (χ1n) is 9.27. The van der Waals surface area contributed by atoms with Gasteiger partial charge in [0.1, 0.15) is 17.3 Å². The molecule has 0 bridgehead atoms. The van der Waals surface area contributed by atoms with E-state index < -0.39 is 15.4 Å². The Labute approximate surface area is 158 Å². The van der Waals surface area contributed by atoms with Crippen molar-refractivity contribution in [2.24, 2.45) is 0 Å². The third kappa shape index (κ3) is 4.10. The highest BCUT2D eigenvalue weighted by molar-refractivity contribution is 7.91. The van der Waals surface area contributed by atoms with E-state index in [1.165, 1.54) is 12.1 Å². The number of aryl methyl sites for hydroxylation is 1. The summed E-state index contributed by atoms with van der Waals surface area (Å²) in [5.41, 5.74) is 1.19. The molecule has 4 rings (SSSR count). The Hall–Kier alpha value is -1.70. The summed E-state index contributed by atoms with van der Waals surface area (Å²) < 4.78 is 48.7. The molecule has 1 N–H and O–H groups in total. The summed E-state index contributed by atoms with van der Waals surface area (Å²) in [6, 6.07) is 8.66. The number of hydrogen-bond donors (Lipinski definition) is 1. The molecule has 146 valence electrons. The van der Waals surface area contributed by atoms with Crippen molar-refractivity contribution in [3.8, 4) is 11.3 Å². The number of rotatable bonds is 4. The van der Waals surface area contributed by atoms with Gasteiger partial charge in [-0.1, -0.05) is 0 Å². The lowest BCUT2D eigenvalue weighted by Crippen LogP contribution is -2.47. The Bertz CT molecular complexity index is 939. The Morgan fingerprint density at radius 3 is 2.89 bits per heavy atom. The fraction of sp³-hybridized carbons (Fsp3) is 0.500. The number of sulfone groups is 1. The van der Waals surface area contributed by atoms with Crippen molar-refractivity contribution < 1.29 is 22.0 Å². The summed E-state index contributed by atoms with van der Waals surface area (Å²) in [5, 5.41) is 3.48. The molecule has 3 heterocycles. The maximum Gasteiger partial charge on any atom is 0.153 e. The van der Waals surface area contributed by atoms with Gasteiger partial charge in [0, 0.05) is 18.2 Å². The van der Waals surface area contributed by atoms with Gasteiger partial charge in [0.05, 0.1) is 23.7 Å². The molecule has 0 radical (unpaired) electrons. The van der Waals surface area contributed by atoms with Gasteiger partial charge in [-0.25, -0.2) is 12.8 Å². The lowest BCUT2D eigenvalue weighted by atomic mass is 9.90. The van der Waals surface area contributed by atoms with E-state index >= 15 is 0 Å². The van der Waals surface area contributed by atoms with Crippen molar-refractivity contribution in [1.82, 2.24) is 5.32 Å². The van der Waals surface area contributed by atoms with Crippen LogP contribution in [-0.2, 0) is 21.1 Å². The minimum Gasteiger partial charge on any atom is -0.460 e. The second-order valence-electron chi connectivity index (χ2n) is 7.67. The molecule has 0 amide bonds. The molecule has 2 aliphatic heterocycles. The summed E-state index contributed by atoms with van der Waals surface area (Å²) in [6.07, 6.45) is 2.14. The van der Waals surface area contributed by atoms with Crippen LogP contribution in [0.4, 0.5) is 4.39 Å². The molecule has 1 aromatic heterocycles. The van der Waals surface area contributed by atoms with Crippen LogP contribution in [-0.4, -0.2) is 38.2 Å². The summed E-state index contributed by atoms with van der Waals surface area (Å²) >= 11 is 0. The van der Waals surface area contributed by atoms with Crippen molar-refractivity contribution >= 4 is 9.84 Å². The standard InChI is InChI=1S/C20H24FNO4S/c1-14-10-15(21)2-4-18(14)19-5-3-17(26-19)12-22-16-6-8-25-20(11-16)7-9-27(23,24)13-20/h2-5,10,16,22H,6-9,11-13H2,1H3/t16-,20-/m0/s1. The molecule has 2 aromatic rings. The molecule has 2 aliphatic rings. The Kier molecular flexibility index (Phi) is 4.86. The van der Waals surface area contributed by atoms with Crippen LogP contribution >= 0.6 is 0 Å². The number of ether oxygens (including phenoxy) is 1. The molecule has 5 nitrogen and oxygen atoms in total. The monoisotopic (exact) mass is 393 g/mol. The highest BCUT2D eigenvalue weighted by atomic mass is 32.2. The van der Waals surface area contributed by atoms with E-state index in [9.17, 15) is 12.8 Å². The van der Waals surface area contributed by atoms with Gasteiger partial charge in [0.25, 0.3) is 0 Å². The van der Waals surface area contributed by atoms with Gasteiger partial charge in [-0.05, 0) is 62.1 Å². The quantitative estimate of drug-likeness (QED) is 0.864. The highest BCUT2D eigenvalue weighted by Gasteiger charge is 2.46. The maximum absolute atomic E-state index is 13.3. The third-order valence-corrected chi connectivity index (χ3v) is 7.32. The van der Waals surface area contributed by atoms with Crippen LogP contribution in [0.5, 0.6) is 0 Å². The van der Waals surface area contributed by atoms with Crippen LogP contribution in [0.1, 0.15) is 30.6 Å². The zero-order chi connectivity index (χ0) is 19.1. The maximum atomic E-state index is 13.3. The summed E-state index contributed by atoms with van der Waals surface area (Å²) in [4.78, 5) is 0. The van der Waals surface area contributed by atoms with Gasteiger partial charge in [-0.15, -0.1) is 0 Å². The van der Waals surface area contributed by atoms with E-state index in [1.807, 2.05) is 19.1 Å². The molecule has 0 unspecified atom stereocenters. The van der Waals surface area contributed by atoms with Gasteiger partial charge in [0.2, 0.25) is 0 Å². The average Bonchev–Trinajstić information content (AvgIpc) is 3.18. The van der Waals surface area contributed by atoms with Crippen LogP contribution in [0.2, 0.25) is 0 Å². The first kappa shape index (κ1) is 18.7. The Morgan fingerprint density at radius 2 is 2.15 bits per heavy atom.